The molecule has 0 spiro atoms. The largest absolute Gasteiger partial charge is 0.292 e. The van der Waals surface area contributed by atoms with Crippen molar-refractivity contribution in [3.05, 3.63) is 59.4 Å². The molecule has 0 aliphatic rings. The zero-order valence-corrected chi connectivity index (χ0v) is 11.1. The van der Waals surface area contributed by atoms with Crippen LogP contribution in [0.15, 0.2) is 30.3 Å². The summed E-state index contributed by atoms with van der Waals surface area (Å²) in [6, 6.07) is 5.27. The van der Waals surface area contributed by atoms with E-state index in [1.807, 2.05) is 0 Å². The van der Waals surface area contributed by atoms with Crippen LogP contribution in [0.3, 0.4) is 0 Å². The molecule has 21 heavy (non-hydrogen) atoms. The quantitative estimate of drug-likeness (QED) is 0.391. The number of para-hydroxylation sites is 1. The molecule has 0 aliphatic carbocycles. The summed E-state index contributed by atoms with van der Waals surface area (Å²) in [5.41, 5.74) is -0.275. The van der Waals surface area contributed by atoms with Gasteiger partial charge in [0.25, 0.3) is 0 Å². The Bertz CT molecular complexity index is 845. The van der Waals surface area contributed by atoms with Crippen LogP contribution in [0.5, 0.6) is 0 Å². The van der Waals surface area contributed by atoms with E-state index in [0.717, 1.165) is 10.6 Å². The lowest BCUT2D eigenvalue weighted by atomic mass is 10.2. The van der Waals surface area contributed by atoms with E-state index in [0.29, 0.717) is 6.07 Å². The molecule has 0 N–H and O–H groups in total. The average molecular weight is 315 g/mol. The molecule has 1 aromatic heterocycles. The third-order valence-corrected chi connectivity index (χ3v) is 3.28. The lowest BCUT2D eigenvalue weighted by Crippen LogP contribution is -2.04. The molecule has 0 bridgehead atoms. The van der Waals surface area contributed by atoms with Crippen LogP contribution in [-0.2, 0) is 5.88 Å². The number of fused-ring (bicyclic) bond motifs is 1. The molecule has 0 fully saturated rings. The minimum absolute atomic E-state index is 0.0442. The highest BCUT2D eigenvalue weighted by molar-refractivity contribution is 6.17. The van der Waals surface area contributed by atoms with Gasteiger partial charge in [0.2, 0.25) is 0 Å². The lowest BCUT2D eigenvalue weighted by molar-refractivity contribution is 0.490. The van der Waals surface area contributed by atoms with E-state index in [1.165, 1.54) is 18.2 Å². The van der Waals surface area contributed by atoms with Gasteiger partial charge in [-0.05, 0) is 12.1 Å². The van der Waals surface area contributed by atoms with Gasteiger partial charge in [-0.2, -0.15) is 0 Å². The van der Waals surface area contributed by atoms with Gasteiger partial charge in [0.05, 0.1) is 17.1 Å². The Labute approximate surface area is 121 Å². The first kappa shape index (κ1) is 13.9. The number of hydrogen-bond acceptors (Lipinski definition) is 1. The van der Waals surface area contributed by atoms with Crippen molar-refractivity contribution in [2.45, 2.75) is 5.88 Å². The molecule has 0 saturated heterocycles. The number of nitrogens with zero attached hydrogens (tertiary/aromatic N) is 2. The van der Waals surface area contributed by atoms with Crippen molar-refractivity contribution in [2.75, 3.05) is 0 Å². The SMILES string of the molecule is Fc1cc(F)c(F)c(-n2c(CCl)nc3c(F)cccc32)c1. The van der Waals surface area contributed by atoms with Gasteiger partial charge in [0, 0.05) is 12.1 Å². The highest BCUT2D eigenvalue weighted by Crippen LogP contribution is 2.27. The Kier molecular flexibility index (Phi) is 3.33. The molecule has 3 aromatic rings. The molecular formula is C14H7ClF4N2. The maximum atomic E-state index is 14.0. The Morgan fingerprint density at radius 2 is 1.81 bits per heavy atom. The van der Waals surface area contributed by atoms with E-state index in [2.05, 4.69) is 4.98 Å². The number of benzene rings is 2. The molecule has 0 radical (unpaired) electrons. The monoisotopic (exact) mass is 314 g/mol. The predicted molar refractivity (Wildman–Crippen MR) is 70.5 cm³/mol. The number of hydrogen-bond donors (Lipinski definition) is 0. The molecule has 0 unspecified atom stereocenters. The van der Waals surface area contributed by atoms with Gasteiger partial charge in [-0.25, -0.2) is 22.5 Å². The lowest BCUT2D eigenvalue weighted by Gasteiger charge is -2.09. The van der Waals surface area contributed by atoms with Gasteiger partial charge in [0.15, 0.2) is 17.5 Å². The second-order valence-corrected chi connectivity index (χ2v) is 4.59. The number of imidazole rings is 1. The van der Waals surface area contributed by atoms with Gasteiger partial charge >= 0.3 is 0 Å². The maximum absolute atomic E-state index is 14.0. The number of halogens is 5. The fourth-order valence-electron chi connectivity index (χ4n) is 2.18. The van der Waals surface area contributed by atoms with Crippen molar-refractivity contribution in [1.29, 1.82) is 0 Å². The normalized spacial score (nSPS) is 11.3. The van der Waals surface area contributed by atoms with Gasteiger partial charge in [-0.15, -0.1) is 11.6 Å². The van der Waals surface area contributed by atoms with Crippen molar-refractivity contribution < 1.29 is 17.6 Å². The second kappa shape index (κ2) is 5.04. The molecule has 0 amide bonds. The topological polar surface area (TPSA) is 17.8 Å². The van der Waals surface area contributed by atoms with Gasteiger partial charge in [-0.1, -0.05) is 6.07 Å². The van der Waals surface area contributed by atoms with Crippen LogP contribution in [-0.4, -0.2) is 9.55 Å². The zero-order chi connectivity index (χ0) is 15.1. The maximum Gasteiger partial charge on any atom is 0.183 e. The van der Waals surface area contributed by atoms with Crippen LogP contribution in [0.25, 0.3) is 16.7 Å². The van der Waals surface area contributed by atoms with Gasteiger partial charge < -0.3 is 0 Å². The molecule has 0 atom stereocenters. The van der Waals surface area contributed by atoms with E-state index in [9.17, 15) is 17.6 Å². The fourth-order valence-corrected chi connectivity index (χ4v) is 2.36. The van der Waals surface area contributed by atoms with Crippen molar-refractivity contribution in [2.24, 2.45) is 0 Å². The van der Waals surface area contributed by atoms with E-state index in [4.69, 9.17) is 11.6 Å². The van der Waals surface area contributed by atoms with Crippen molar-refractivity contribution in [1.82, 2.24) is 9.55 Å². The third-order valence-electron chi connectivity index (χ3n) is 3.04. The Morgan fingerprint density at radius 3 is 2.52 bits per heavy atom. The molecule has 108 valence electrons. The van der Waals surface area contributed by atoms with Crippen molar-refractivity contribution in [3.8, 4) is 5.69 Å². The average Bonchev–Trinajstić information content (AvgIpc) is 2.83. The molecule has 7 heteroatoms. The summed E-state index contributed by atoms with van der Waals surface area (Å²) < 4.78 is 55.6. The summed E-state index contributed by atoms with van der Waals surface area (Å²) in [6.07, 6.45) is 0. The standard InChI is InChI=1S/C14H7ClF4N2/c15-6-12-20-14-8(17)2-1-3-10(14)21(12)11-5-7(16)4-9(18)13(11)19/h1-5H,6H2. The molecule has 2 nitrogen and oxygen atoms in total. The first-order valence-corrected chi connectivity index (χ1v) is 6.43. The molecule has 3 rings (SSSR count). The van der Waals surface area contributed by atoms with Gasteiger partial charge in [0.1, 0.15) is 17.2 Å². The molecule has 2 aromatic carbocycles. The van der Waals surface area contributed by atoms with E-state index in [1.54, 1.807) is 0 Å². The van der Waals surface area contributed by atoms with Crippen LogP contribution in [0.2, 0.25) is 0 Å². The summed E-state index contributed by atoms with van der Waals surface area (Å²) in [4.78, 5) is 3.95. The third kappa shape index (κ3) is 2.15. The molecule has 0 aliphatic heterocycles. The van der Waals surface area contributed by atoms with E-state index in [-0.39, 0.29) is 22.7 Å². The Morgan fingerprint density at radius 1 is 1.05 bits per heavy atom. The summed E-state index contributed by atoms with van der Waals surface area (Å²) in [7, 11) is 0. The summed E-state index contributed by atoms with van der Waals surface area (Å²) in [5.74, 6) is -4.28. The Balaban J connectivity index is 2.42. The fraction of sp³-hybridized carbons (Fsp3) is 0.0714. The Hall–Kier alpha value is -2.08. The smallest absolute Gasteiger partial charge is 0.183 e. The highest BCUT2D eigenvalue weighted by Gasteiger charge is 2.20. The number of alkyl halides is 1. The first-order valence-electron chi connectivity index (χ1n) is 5.89. The molecule has 0 saturated carbocycles. The number of aromatic nitrogens is 2. The van der Waals surface area contributed by atoms with E-state index >= 15 is 0 Å². The van der Waals surface area contributed by atoms with Crippen LogP contribution in [0.1, 0.15) is 5.82 Å². The predicted octanol–water partition coefficient (Wildman–Crippen LogP) is 4.32. The highest BCUT2D eigenvalue weighted by atomic mass is 35.5. The van der Waals surface area contributed by atoms with Crippen LogP contribution >= 0.6 is 11.6 Å². The second-order valence-electron chi connectivity index (χ2n) is 4.33. The van der Waals surface area contributed by atoms with Crippen molar-refractivity contribution in [3.63, 3.8) is 0 Å². The summed E-state index contributed by atoms with van der Waals surface area (Å²) in [6.45, 7) is 0. The summed E-state index contributed by atoms with van der Waals surface area (Å²) >= 11 is 5.72. The minimum Gasteiger partial charge on any atom is -0.292 e. The van der Waals surface area contributed by atoms with Crippen molar-refractivity contribution >= 4 is 22.6 Å². The van der Waals surface area contributed by atoms with Crippen LogP contribution < -0.4 is 0 Å². The zero-order valence-electron chi connectivity index (χ0n) is 10.4. The van der Waals surface area contributed by atoms with Gasteiger partial charge in [-0.3, -0.25) is 4.57 Å². The van der Waals surface area contributed by atoms with Crippen LogP contribution in [0, 0.1) is 23.3 Å². The first-order chi connectivity index (χ1) is 10.0. The van der Waals surface area contributed by atoms with E-state index < -0.39 is 29.0 Å². The molecule has 1 heterocycles. The summed E-state index contributed by atoms with van der Waals surface area (Å²) in [5, 5.41) is 0. The minimum atomic E-state index is -1.34. The number of rotatable bonds is 2. The van der Waals surface area contributed by atoms with Crippen LogP contribution in [0.4, 0.5) is 17.6 Å². The molecular weight excluding hydrogens is 308 g/mol.